The van der Waals surface area contributed by atoms with E-state index in [2.05, 4.69) is 31.6 Å². The van der Waals surface area contributed by atoms with Gasteiger partial charge in [0.1, 0.15) is 24.2 Å². The highest BCUT2D eigenvalue weighted by Crippen LogP contribution is 2.20. The van der Waals surface area contributed by atoms with E-state index >= 15 is 0 Å². The Bertz CT molecular complexity index is 1900. The summed E-state index contributed by atoms with van der Waals surface area (Å²) in [6.45, 7) is 2.73. The van der Waals surface area contributed by atoms with Gasteiger partial charge in [-0.05, 0) is 68.3 Å². The molecule has 5 atom stereocenters. The van der Waals surface area contributed by atoms with Gasteiger partial charge in [-0.1, -0.05) is 91.7 Å². The van der Waals surface area contributed by atoms with Crippen LogP contribution in [0.1, 0.15) is 75.0 Å². The van der Waals surface area contributed by atoms with E-state index in [0.29, 0.717) is 38.8 Å². The minimum Gasteiger partial charge on any atom is -0.371 e. The zero-order chi connectivity index (χ0) is 40.4. The van der Waals surface area contributed by atoms with Gasteiger partial charge in [0, 0.05) is 42.9 Å². The lowest BCUT2D eigenvalue weighted by molar-refractivity contribution is -0.136. The van der Waals surface area contributed by atoms with Crippen LogP contribution in [0.4, 0.5) is 0 Å². The van der Waals surface area contributed by atoms with Crippen molar-refractivity contribution in [3.05, 3.63) is 108 Å². The van der Waals surface area contributed by atoms with Crippen molar-refractivity contribution in [3.8, 4) is 0 Å². The number of carbonyl (C=O) groups excluding carboxylic acids is 5. The van der Waals surface area contributed by atoms with Crippen LogP contribution in [0.5, 0.6) is 0 Å². The molecule has 1 aliphatic heterocycles. The Labute approximate surface area is 334 Å². The van der Waals surface area contributed by atoms with Gasteiger partial charge in [0.25, 0.3) is 0 Å². The van der Waals surface area contributed by atoms with Crippen molar-refractivity contribution in [2.45, 2.75) is 108 Å². The summed E-state index contributed by atoms with van der Waals surface area (Å²) in [7, 11) is 0. The number of fused-ring (bicyclic) bond motifs is 1. The fraction of sp³-hybridized carbons (Fsp3) is 0.432. The number of aromatic nitrogens is 1. The summed E-state index contributed by atoms with van der Waals surface area (Å²) in [5.74, 6) is -2.34. The van der Waals surface area contributed by atoms with Crippen molar-refractivity contribution in [2.75, 3.05) is 13.1 Å². The van der Waals surface area contributed by atoms with Gasteiger partial charge in [0.2, 0.25) is 29.5 Å². The lowest BCUT2D eigenvalue weighted by Gasteiger charge is -2.29. The average Bonchev–Trinajstić information content (AvgIpc) is 3.63. The number of para-hydroxylation sites is 1. The Morgan fingerprint density at radius 1 is 0.667 bits per heavy atom. The molecular weight excluding hydrogens is 723 g/mol. The van der Waals surface area contributed by atoms with Crippen LogP contribution >= 0.6 is 0 Å². The highest BCUT2D eigenvalue weighted by atomic mass is 16.5. The molecule has 1 fully saturated rings. The van der Waals surface area contributed by atoms with Crippen LogP contribution in [-0.4, -0.2) is 77.9 Å². The molecule has 304 valence electrons. The molecule has 8 N–H and O–H groups in total. The van der Waals surface area contributed by atoms with Crippen LogP contribution in [0.3, 0.4) is 0 Å². The van der Waals surface area contributed by atoms with Gasteiger partial charge in [0.15, 0.2) is 0 Å². The van der Waals surface area contributed by atoms with E-state index in [-0.39, 0.29) is 38.2 Å². The maximum Gasteiger partial charge on any atom is 0.245 e. The SMILES string of the molecule is C[C@@H](OCc1ccccc1)[C@@H]1NC(=O)[C@@H](CCCCN)NC(=O)[C@H](Cc2c[nH]c3ccccc23)NC(=O)[C@H](Cc2ccccc2)NC(=O)CCCCCCNC1=O. The molecule has 0 saturated carbocycles. The third kappa shape index (κ3) is 13.3. The van der Waals surface area contributed by atoms with Gasteiger partial charge >= 0.3 is 0 Å². The molecule has 0 spiro atoms. The zero-order valence-electron chi connectivity index (χ0n) is 32.8. The van der Waals surface area contributed by atoms with Crippen LogP contribution in [0.25, 0.3) is 10.9 Å². The molecule has 4 aromatic rings. The lowest BCUT2D eigenvalue weighted by Crippen LogP contribution is -2.60. The van der Waals surface area contributed by atoms with Crippen LogP contribution in [0.2, 0.25) is 0 Å². The van der Waals surface area contributed by atoms with E-state index in [1.54, 1.807) is 13.1 Å². The molecule has 0 aliphatic carbocycles. The van der Waals surface area contributed by atoms with Gasteiger partial charge < -0.3 is 42.0 Å². The van der Waals surface area contributed by atoms with E-state index in [1.165, 1.54) is 0 Å². The molecule has 0 bridgehead atoms. The van der Waals surface area contributed by atoms with E-state index in [1.807, 2.05) is 84.9 Å². The Morgan fingerprint density at radius 3 is 2.04 bits per heavy atom. The van der Waals surface area contributed by atoms with Crippen LogP contribution in [0.15, 0.2) is 91.1 Å². The molecule has 57 heavy (non-hydrogen) atoms. The highest BCUT2D eigenvalue weighted by Gasteiger charge is 2.34. The molecule has 1 aromatic heterocycles. The molecule has 1 aliphatic rings. The number of hydrogen-bond donors (Lipinski definition) is 7. The first kappa shape index (κ1) is 42.6. The van der Waals surface area contributed by atoms with Gasteiger partial charge in [0.05, 0.1) is 12.7 Å². The Morgan fingerprint density at radius 2 is 1.30 bits per heavy atom. The molecule has 3 aromatic carbocycles. The average molecular weight is 780 g/mol. The summed E-state index contributed by atoms with van der Waals surface area (Å²) in [5, 5.41) is 15.5. The van der Waals surface area contributed by atoms with Crippen LogP contribution in [0, 0.1) is 0 Å². The molecule has 0 unspecified atom stereocenters. The molecule has 0 radical (unpaired) electrons. The summed E-state index contributed by atoms with van der Waals surface area (Å²) in [4.78, 5) is 73.0. The Balaban J connectivity index is 1.45. The van der Waals surface area contributed by atoms with Gasteiger partial charge in [-0.25, -0.2) is 0 Å². The number of rotatable bonds is 12. The molecule has 5 amide bonds. The van der Waals surface area contributed by atoms with E-state index in [0.717, 1.165) is 40.4 Å². The molecular formula is C44H57N7O6. The monoisotopic (exact) mass is 779 g/mol. The first-order chi connectivity index (χ1) is 27.7. The van der Waals surface area contributed by atoms with Crippen molar-refractivity contribution >= 4 is 40.4 Å². The fourth-order valence-electron chi connectivity index (χ4n) is 7.00. The zero-order valence-corrected chi connectivity index (χ0v) is 32.8. The second-order valence-electron chi connectivity index (χ2n) is 14.7. The van der Waals surface area contributed by atoms with Crippen LogP contribution < -0.4 is 32.3 Å². The standard InChI is InChI=1S/C44H57N7O6/c1-30(57-29-32-18-8-5-9-19-32)40-44(56)46-25-15-3-2-10-23-39(52)48-37(26-31-16-6-4-7-17-31)42(54)50-38(27-33-28-47-35-21-12-11-20-34(33)35)43(55)49-36(41(53)51-40)22-13-14-24-45/h4-9,11-12,16-21,28,30,36-38,40,47H,2-3,10,13-15,22-27,29,45H2,1H3,(H,46,56)(H,48,52)(H,49,55)(H,50,54)(H,51,53)/t30-,36-,37+,38+,40+/m1/s1. The molecule has 2 heterocycles. The smallest absolute Gasteiger partial charge is 0.245 e. The van der Waals surface area contributed by atoms with E-state index in [4.69, 9.17) is 10.5 Å². The number of aromatic amines is 1. The van der Waals surface area contributed by atoms with Gasteiger partial charge in [-0.3, -0.25) is 24.0 Å². The number of ether oxygens (including phenoxy) is 1. The number of nitrogens with two attached hydrogens (primary N) is 1. The maximum atomic E-state index is 14.4. The molecule has 5 rings (SSSR count). The summed E-state index contributed by atoms with van der Waals surface area (Å²) < 4.78 is 6.12. The second kappa shape index (κ2) is 22.3. The number of nitrogens with one attached hydrogen (secondary N) is 6. The lowest BCUT2D eigenvalue weighted by atomic mass is 10.0. The Hall–Kier alpha value is -5.53. The maximum absolute atomic E-state index is 14.4. The minimum atomic E-state index is -1.13. The number of H-pyrrole nitrogens is 1. The van der Waals surface area contributed by atoms with E-state index < -0.39 is 53.9 Å². The quantitative estimate of drug-likeness (QED) is 0.107. The fourth-order valence-corrected chi connectivity index (χ4v) is 7.00. The highest BCUT2D eigenvalue weighted by molar-refractivity contribution is 5.96. The van der Waals surface area contributed by atoms with Crippen molar-refractivity contribution in [2.24, 2.45) is 5.73 Å². The van der Waals surface area contributed by atoms with Crippen molar-refractivity contribution < 1.29 is 28.7 Å². The summed E-state index contributed by atoms with van der Waals surface area (Å²) in [5.41, 5.74) is 9.23. The number of unbranched alkanes of at least 4 members (excludes halogenated alkanes) is 1. The third-order valence-corrected chi connectivity index (χ3v) is 10.3. The van der Waals surface area contributed by atoms with E-state index in [9.17, 15) is 24.0 Å². The minimum absolute atomic E-state index is 0.0973. The number of benzene rings is 3. The number of hydrogen-bond acceptors (Lipinski definition) is 7. The summed E-state index contributed by atoms with van der Waals surface area (Å²) in [6.07, 6.45) is 5.76. The summed E-state index contributed by atoms with van der Waals surface area (Å²) in [6, 6.07) is 22.4. The predicted octanol–water partition coefficient (Wildman–Crippen LogP) is 3.71. The second-order valence-corrected chi connectivity index (χ2v) is 14.7. The van der Waals surface area contributed by atoms with Crippen molar-refractivity contribution in [3.63, 3.8) is 0 Å². The third-order valence-electron chi connectivity index (χ3n) is 10.3. The topological polar surface area (TPSA) is 197 Å². The predicted molar refractivity (Wildman–Crippen MR) is 220 cm³/mol. The van der Waals surface area contributed by atoms with Crippen molar-refractivity contribution in [1.29, 1.82) is 0 Å². The number of carbonyl (C=O) groups is 5. The molecule has 1 saturated heterocycles. The normalized spacial score (nSPS) is 21.4. The molecule has 13 nitrogen and oxygen atoms in total. The molecule has 13 heteroatoms. The largest absolute Gasteiger partial charge is 0.371 e. The first-order valence-electron chi connectivity index (χ1n) is 20.1. The van der Waals surface area contributed by atoms with Crippen molar-refractivity contribution in [1.82, 2.24) is 31.6 Å². The van der Waals surface area contributed by atoms with Gasteiger partial charge in [-0.2, -0.15) is 0 Å². The van der Waals surface area contributed by atoms with Crippen LogP contribution in [-0.2, 0) is 48.2 Å². The number of amides is 5. The van der Waals surface area contributed by atoms with Gasteiger partial charge in [-0.15, -0.1) is 0 Å². The summed E-state index contributed by atoms with van der Waals surface area (Å²) >= 11 is 0. The Kier molecular flexibility index (Phi) is 16.6. The first-order valence-corrected chi connectivity index (χ1v) is 20.1.